The minimum atomic E-state index is -4.49. The third-order valence-corrected chi connectivity index (χ3v) is 5.86. The Hall–Kier alpha value is -3.00. The minimum Gasteiger partial charge on any atom is -0.345 e. The zero-order valence-electron chi connectivity index (χ0n) is 18.7. The molecule has 1 atom stereocenters. The van der Waals surface area contributed by atoms with Crippen LogP contribution in [0.5, 0.6) is 0 Å². The third-order valence-electron chi connectivity index (χ3n) is 5.60. The molecule has 1 aromatic heterocycles. The van der Waals surface area contributed by atoms with Gasteiger partial charge in [-0.25, -0.2) is 4.79 Å². The number of amides is 1. The molecular weight excluding hydrogens is 455 g/mol. The van der Waals surface area contributed by atoms with Crippen molar-refractivity contribution in [3.63, 3.8) is 0 Å². The van der Waals surface area contributed by atoms with Crippen LogP contribution in [0, 0.1) is 0 Å². The van der Waals surface area contributed by atoms with Gasteiger partial charge in [0.1, 0.15) is 6.04 Å². The van der Waals surface area contributed by atoms with Gasteiger partial charge in [-0.1, -0.05) is 35.9 Å². The van der Waals surface area contributed by atoms with Crippen LogP contribution in [0.25, 0.3) is 11.3 Å². The maximum atomic E-state index is 13.1. The Labute approximate surface area is 194 Å². The zero-order chi connectivity index (χ0) is 24.6. The first-order valence-corrected chi connectivity index (χ1v) is 10.8. The second kappa shape index (κ2) is 9.09. The summed E-state index contributed by atoms with van der Waals surface area (Å²) in [6.45, 7) is 7.03. The van der Waals surface area contributed by atoms with Crippen LogP contribution < -0.4 is 11.0 Å². The quantitative estimate of drug-likeness (QED) is 0.498. The van der Waals surface area contributed by atoms with Gasteiger partial charge in [0.15, 0.2) is 0 Å². The maximum Gasteiger partial charge on any atom is 0.416 e. The van der Waals surface area contributed by atoms with E-state index in [1.807, 2.05) is 6.92 Å². The monoisotopic (exact) mass is 479 g/mol. The molecular formula is C24H25ClF3N3O2. The normalized spacial score (nSPS) is 13.1. The van der Waals surface area contributed by atoms with E-state index in [9.17, 15) is 22.8 Å². The number of halogens is 4. The van der Waals surface area contributed by atoms with E-state index in [0.29, 0.717) is 22.8 Å². The summed E-state index contributed by atoms with van der Waals surface area (Å²) in [7, 11) is 0. The summed E-state index contributed by atoms with van der Waals surface area (Å²) in [5, 5.41) is 3.34. The standard InChI is InChI=1S/C24H25ClF3N3O2/c1-5-30-20(16-9-11-19(25)12-10-16)14-31(22(30)33)15(2)21(32)29-23(3,4)17-7-6-8-18(13-17)24(26,27)28/h6-15H,5H2,1-4H3,(H,29,32). The lowest BCUT2D eigenvalue weighted by Crippen LogP contribution is -2.45. The highest BCUT2D eigenvalue weighted by Crippen LogP contribution is 2.32. The Bertz CT molecular complexity index is 1210. The molecule has 33 heavy (non-hydrogen) atoms. The van der Waals surface area contributed by atoms with Crippen molar-refractivity contribution in [2.24, 2.45) is 0 Å². The van der Waals surface area contributed by atoms with Crippen LogP contribution in [0.3, 0.4) is 0 Å². The predicted octanol–water partition coefficient (Wildman–Crippen LogP) is 5.62. The van der Waals surface area contributed by atoms with E-state index in [0.717, 1.165) is 17.7 Å². The highest BCUT2D eigenvalue weighted by molar-refractivity contribution is 6.30. The molecule has 1 N–H and O–H groups in total. The van der Waals surface area contributed by atoms with Gasteiger partial charge >= 0.3 is 11.9 Å². The number of carbonyl (C=O) groups excluding carboxylic acids is 1. The topological polar surface area (TPSA) is 56.0 Å². The number of imidazole rings is 1. The number of aromatic nitrogens is 2. The molecule has 0 spiro atoms. The number of hydrogen-bond acceptors (Lipinski definition) is 2. The van der Waals surface area contributed by atoms with E-state index in [1.165, 1.54) is 16.7 Å². The largest absolute Gasteiger partial charge is 0.416 e. The number of carbonyl (C=O) groups is 1. The number of alkyl halides is 3. The molecule has 1 unspecified atom stereocenters. The van der Waals surface area contributed by atoms with E-state index in [1.54, 1.807) is 55.8 Å². The Kier molecular flexibility index (Phi) is 6.79. The van der Waals surface area contributed by atoms with Crippen molar-refractivity contribution >= 4 is 17.5 Å². The molecule has 0 aliphatic rings. The highest BCUT2D eigenvalue weighted by Gasteiger charge is 2.33. The molecule has 2 aromatic carbocycles. The molecule has 3 rings (SSSR count). The van der Waals surface area contributed by atoms with Crippen LogP contribution in [0.2, 0.25) is 5.02 Å². The van der Waals surface area contributed by atoms with Crippen LogP contribution in [0.1, 0.15) is 44.9 Å². The van der Waals surface area contributed by atoms with Gasteiger partial charge in [0.25, 0.3) is 0 Å². The second-order valence-corrected chi connectivity index (χ2v) is 8.76. The SMILES string of the molecule is CCn1c(-c2ccc(Cl)cc2)cn(C(C)C(=O)NC(C)(C)c2cccc(C(F)(F)F)c2)c1=O. The van der Waals surface area contributed by atoms with Crippen LogP contribution >= 0.6 is 11.6 Å². The smallest absolute Gasteiger partial charge is 0.345 e. The second-order valence-electron chi connectivity index (χ2n) is 8.32. The van der Waals surface area contributed by atoms with Gasteiger partial charge in [0, 0.05) is 17.8 Å². The summed E-state index contributed by atoms with van der Waals surface area (Å²) in [5.74, 6) is -0.490. The molecule has 0 saturated heterocycles. The summed E-state index contributed by atoms with van der Waals surface area (Å²) in [4.78, 5) is 26.0. The summed E-state index contributed by atoms with van der Waals surface area (Å²) in [6, 6.07) is 10.9. The lowest BCUT2D eigenvalue weighted by Gasteiger charge is -2.29. The van der Waals surface area contributed by atoms with E-state index >= 15 is 0 Å². The minimum absolute atomic E-state index is 0.304. The summed E-state index contributed by atoms with van der Waals surface area (Å²) in [5.41, 5.74) is -0.535. The van der Waals surface area contributed by atoms with Gasteiger partial charge in [0.05, 0.1) is 16.8 Å². The number of hydrogen-bond donors (Lipinski definition) is 1. The van der Waals surface area contributed by atoms with Crippen molar-refractivity contribution in [3.8, 4) is 11.3 Å². The van der Waals surface area contributed by atoms with Crippen molar-refractivity contribution in [2.45, 2.75) is 52.0 Å². The molecule has 0 fully saturated rings. The first-order chi connectivity index (χ1) is 15.3. The molecule has 0 saturated carbocycles. The summed E-state index contributed by atoms with van der Waals surface area (Å²) >= 11 is 5.96. The van der Waals surface area contributed by atoms with Gasteiger partial charge in [-0.2, -0.15) is 13.2 Å². The lowest BCUT2D eigenvalue weighted by molar-refractivity contribution is -0.137. The van der Waals surface area contributed by atoms with Crippen molar-refractivity contribution < 1.29 is 18.0 Å². The molecule has 3 aromatic rings. The van der Waals surface area contributed by atoms with Crippen molar-refractivity contribution in [3.05, 3.63) is 81.4 Å². The van der Waals surface area contributed by atoms with Gasteiger partial charge < -0.3 is 5.32 Å². The van der Waals surface area contributed by atoms with Gasteiger partial charge in [-0.05, 0) is 63.1 Å². The van der Waals surface area contributed by atoms with Gasteiger partial charge in [-0.3, -0.25) is 13.9 Å². The fourth-order valence-electron chi connectivity index (χ4n) is 3.63. The molecule has 0 aliphatic heterocycles. The Morgan fingerprint density at radius 1 is 1.09 bits per heavy atom. The fourth-order valence-corrected chi connectivity index (χ4v) is 3.75. The van der Waals surface area contributed by atoms with Crippen LogP contribution in [0.15, 0.2) is 59.5 Å². The molecule has 0 aliphatic carbocycles. The number of benzene rings is 2. The first-order valence-electron chi connectivity index (χ1n) is 10.4. The molecule has 1 amide bonds. The highest BCUT2D eigenvalue weighted by atomic mass is 35.5. The summed E-state index contributed by atoms with van der Waals surface area (Å²) in [6.07, 6.45) is -2.88. The van der Waals surface area contributed by atoms with E-state index < -0.39 is 29.2 Å². The van der Waals surface area contributed by atoms with Gasteiger partial charge in [0.2, 0.25) is 5.91 Å². The Morgan fingerprint density at radius 2 is 1.70 bits per heavy atom. The van der Waals surface area contributed by atoms with E-state index in [2.05, 4.69) is 5.32 Å². The number of rotatable bonds is 6. The molecule has 1 heterocycles. The summed E-state index contributed by atoms with van der Waals surface area (Å²) < 4.78 is 42.2. The third kappa shape index (κ3) is 5.16. The average molecular weight is 480 g/mol. The maximum absolute atomic E-state index is 13.1. The Balaban J connectivity index is 1.90. The predicted molar refractivity (Wildman–Crippen MR) is 122 cm³/mol. The molecule has 176 valence electrons. The molecule has 5 nitrogen and oxygen atoms in total. The van der Waals surface area contributed by atoms with Crippen LogP contribution in [-0.2, 0) is 23.1 Å². The first kappa shape index (κ1) is 24.6. The van der Waals surface area contributed by atoms with E-state index in [4.69, 9.17) is 11.6 Å². The lowest BCUT2D eigenvalue weighted by atomic mass is 9.92. The number of nitrogens with zero attached hydrogens (tertiary/aromatic N) is 2. The van der Waals surface area contributed by atoms with Crippen molar-refractivity contribution in [1.82, 2.24) is 14.5 Å². The average Bonchev–Trinajstić information content (AvgIpc) is 3.09. The van der Waals surface area contributed by atoms with Crippen LogP contribution in [0.4, 0.5) is 13.2 Å². The molecule has 0 bridgehead atoms. The van der Waals surface area contributed by atoms with E-state index in [-0.39, 0.29) is 5.69 Å². The fraction of sp³-hybridized carbons (Fsp3) is 0.333. The molecule has 0 radical (unpaired) electrons. The molecule has 9 heteroatoms. The number of nitrogens with one attached hydrogen (secondary N) is 1. The van der Waals surface area contributed by atoms with Crippen molar-refractivity contribution in [2.75, 3.05) is 0 Å². The van der Waals surface area contributed by atoms with Crippen molar-refractivity contribution in [1.29, 1.82) is 0 Å². The van der Waals surface area contributed by atoms with Crippen LogP contribution in [-0.4, -0.2) is 15.0 Å². The van der Waals surface area contributed by atoms with Gasteiger partial charge in [-0.15, -0.1) is 0 Å². The Morgan fingerprint density at radius 3 is 2.27 bits per heavy atom. The zero-order valence-corrected chi connectivity index (χ0v) is 19.5.